The second-order valence-electron chi connectivity index (χ2n) is 4.98. The van der Waals surface area contributed by atoms with Crippen LogP contribution in [0.5, 0.6) is 0 Å². The van der Waals surface area contributed by atoms with Gasteiger partial charge in [-0.2, -0.15) is 0 Å². The number of carbonyl (C=O) groups excluding carboxylic acids is 1. The van der Waals surface area contributed by atoms with Gasteiger partial charge in [-0.3, -0.25) is 4.79 Å². The minimum Gasteiger partial charge on any atom is -0.350 e. The van der Waals surface area contributed by atoms with Gasteiger partial charge in [0.25, 0.3) is 0 Å². The molecule has 0 bridgehead atoms. The summed E-state index contributed by atoms with van der Waals surface area (Å²) in [7, 11) is 0. The van der Waals surface area contributed by atoms with Crippen molar-refractivity contribution in [2.45, 2.75) is 51.7 Å². The quantitative estimate of drug-likeness (QED) is 0.739. The average molecular weight is 226 g/mol. The fourth-order valence-corrected chi connectivity index (χ4v) is 2.81. The Morgan fingerprint density at radius 2 is 2.00 bits per heavy atom. The predicted octanol–water partition coefficient (Wildman–Crippen LogP) is 2.53. The van der Waals surface area contributed by atoms with Crippen molar-refractivity contribution in [1.29, 1.82) is 0 Å². The van der Waals surface area contributed by atoms with Crippen molar-refractivity contribution in [1.82, 2.24) is 0 Å². The molecule has 3 heteroatoms. The van der Waals surface area contributed by atoms with Crippen LogP contribution in [-0.2, 0) is 14.3 Å². The minimum atomic E-state index is -0.255. The lowest BCUT2D eigenvalue weighted by molar-refractivity contribution is -0.132. The average Bonchev–Trinajstić information content (AvgIpc) is 2.82. The van der Waals surface area contributed by atoms with E-state index in [1.807, 2.05) is 0 Å². The van der Waals surface area contributed by atoms with E-state index in [1.165, 1.54) is 19.3 Å². The van der Waals surface area contributed by atoms with Crippen LogP contribution in [0.4, 0.5) is 0 Å². The molecule has 0 N–H and O–H groups in total. The highest BCUT2D eigenvalue weighted by atomic mass is 16.7. The lowest BCUT2D eigenvalue weighted by Gasteiger charge is -2.27. The fourth-order valence-electron chi connectivity index (χ4n) is 2.81. The Morgan fingerprint density at radius 1 is 1.25 bits per heavy atom. The van der Waals surface area contributed by atoms with Crippen LogP contribution in [-0.4, -0.2) is 25.3 Å². The third-order valence-electron chi connectivity index (χ3n) is 3.87. The van der Waals surface area contributed by atoms with Gasteiger partial charge in [-0.25, -0.2) is 0 Å². The molecule has 2 aliphatic rings. The second-order valence-corrected chi connectivity index (χ2v) is 4.98. The van der Waals surface area contributed by atoms with Crippen molar-refractivity contribution in [3.05, 3.63) is 0 Å². The number of rotatable bonds is 4. The fraction of sp³-hybridized carbons (Fsp3) is 0.923. The van der Waals surface area contributed by atoms with Crippen molar-refractivity contribution >= 4 is 5.78 Å². The van der Waals surface area contributed by atoms with E-state index in [0.29, 0.717) is 25.4 Å². The molecular formula is C13H22O3. The Bertz CT molecular complexity index is 233. The van der Waals surface area contributed by atoms with Crippen molar-refractivity contribution in [2.24, 2.45) is 11.8 Å². The number of hydrogen-bond acceptors (Lipinski definition) is 3. The van der Waals surface area contributed by atoms with Gasteiger partial charge < -0.3 is 9.47 Å². The Kier molecular flexibility index (Phi) is 4.36. The highest BCUT2D eigenvalue weighted by Crippen LogP contribution is 2.32. The Balaban J connectivity index is 1.79. The molecular weight excluding hydrogens is 204 g/mol. The molecule has 92 valence electrons. The molecule has 3 nitrogen and oxygen atoms in total. The molecule has 0 aromatic rings. The van der Waals surface area contributed by atoms with E-state index in [9.17, 15) is 4.79 Å². The van der Waals surface area contributed by atoms with Gasteiger partial charge in [0.05, 0.1) is 19.6 Å². The molecule has 2 atom stereocenters. The van der Waals surface area contributed by atoms with Crippen LogP contribution in [0.1, 0.15) is 45.4 Å². The predicted molar refractivity (Wildman–Crippen MR) is 61.1 cm³/mol. The summed E-state index contributed by atoms with van der Waals surface area (Å²) in [6.45, 7) is 3.50. The molecule has 1 aliphatic heterocycles. The summed E-state index contributed by atoms with van der Waals surface area (Å²) in [5.41, 5.74) is 0. The molecule has 0 aromatic carbocycles. The van der Waals surface area contributed by atoms with Crippen molar-refractivity contribution in [3.63, 3.8) is 0 Å². The normalized spacial score (nSPS) is 31.8. The number of hydrogen-bond donors (Lipinski definition) is 0. The molecule has 2 rings (SSSR count). The highest BCUT2D eigenvalue weighted by molar-refractivity contribution is 5.81. The number of carbonyl (C=O) groups is 1. The van der Waals surface area contributed by atoms with Crippen molar-refractivity contribution < 1.29 is 14.3 Å². The van der Waals surface area contributed by atoms with Crippen LogP contribution in [0.2, 0.25) is 0 Å². The molecule has 1 saturated carbocycles. The third kappa shape index (κ3) is 3.05. The Hall–Kier alpha value is -0.410. The number of ketones is 1. The van der Waals surface area contributed by atoms with Crippen LogP contribution in [0.3, 0.4) is 0 Å². The lowest BCUT2D eigenvalue weighted by Crippen LogP contribution is -2.26. The summed E-state index contributed by atoms with van der Waals surface area (Å²) in [6.07, 6.45) is 6.08. The van der Waals surface area contributed by atoms with E-state index in [1.54, 1.807) is 0 Å². The molecule has 0 radical (unpaired) electrons. The summed E-state index contributed by atoms with van der Waals surface area (Å²) >= 11 is 0. The van der Waals surface area contributed by atoms with E-state index < -0.39 is 0 Å². The van der Waals surface area contributed by atoms with E-state index in [0.717, 1.165) is 18.8 Å². The summed E-state index contributed by atoms with van der Waals surface area (Å²) in [4.78, 5) is 12.1. The van der Waals surface area contributed by atoms with Crippen LogP contribution in [0.25, 0.3) is 0 Å². The van der Waals surface area contributed by atoms with Crippen LogP contribution < -0.4 is 0 Å². The van der Waals surface area contributed by atoms with E-state index in [2.05, 4.69) is 6.92 Å². The molecule has 16 heavy (non-hydrogen) atoms. The smallest absolute Gasteiger partial charge is 0.164 e. The molecule has 0 aromatic heterocycles. The molecule has 1 saturated heterocycles. The highest BCUT2D eigenvalue weighted by Gasteiger charge is 2.29. The first-order valence-corrected chi connectivity index (χ1v) is 6.55. The van der Waals surface area contributed by atoms with Gasteiger partial charge in [-0.15, -0.1) is 0 Å². The maximum atomic E-state index is 12.1. The zero-order valence-electron chi connectivity index (χ0n) is 10.1. The van der Waals surface area contributed by atoms with Gasteiger partial charge in [-0.1, -0.05) is 26.2 Å². The summed E-state index contributed by atoms with van der Waals surface area (Å²) < 4.78 is 10.6. The van der Waals surface area contributed by atoms with E-state index in [-0.39, 0.29) is 12.2 Å². The van der Waals surface area contributed by atoms with Gasteiger partial charge in [0, 0.05) is 5.92 Å². The molecule has 0 spiro atoms. The zero-order chi connectivity index (χ0) is 11.4. The molecule has 2 fully saturated rings. The number of ether oxygens (including phenoxy) is 2. The monoisotopic (exact) mass is 226 g/mol. The Morgan fingerprint density at radius 3 is 2.69 bits per heavy atom. The third-order valence-corrected chi connectivity index (χ3v) is 3.87. The van der Waals surface area contributed by atoms with Gasteiger partial charge in [0.15, 0.2) is 6.29 Å². The molecule has 1 heterocycles. The Labute approximate surface area is 97.5 Å². The maximum absolute atomic E-state index is 12.1. The van der Waals surface area contributed by atoms with Gasteiger partial charge in [-0.05, 0) is 18.8 Å². The van der Waals surface area contributed by atoms with Crippen molar-refractivity contribution in [3.8, 4) is 0 Å². The first-order chi connectivity index (χ1) is 7.79. The van der Waals surface area contributed by atoms with Crippen LogP contribution in [0.15, 0.2) is 0 Å². The summed E-state index contributed by atoms with van der Waals surface area (Å²) in [5.74, 6) is 1.38. The first-order valence-electron chi connectivity index (χ1n) is 6.55. The standard InChI is InChI=1S/C13H22O3/c1-2-10-4-3-5-11(8-10)12(14)9-13-15-6-7-16-13/h10-11,13H,2-9H2,1H3. The van der Waals surface area contributed by atoms with Crippen molar-refractivity contribution in [2.75, 3.05) is 13.2 Å². The first kappa shape index (κ1) is 12.1. The van der Waals surface area contributed by atoms with Gasteiger partial charge in [0.1, 0.15) is 5.78 Å². The molecule has 1 aliphatic carbocycles. The van der Waals surface area contributed by atoms with E-state index >= 15 is 0 Å². The maximum Gasteiger partial charge on any atom is 0.164 e. The molecule has 2 unspecified atom stereocenters. The summed E-state index contributed by atoms with van der Waals surface area (Å²) in [6, 6.07) is 0. The molecule has 0 amide bonds. The van der Waals surface area contributed by atoms with E-state index in [4.69, 9.17) is 9.47 Å². The number of Topliss-reactive ketones (excluding diaryl/α,β-unsaturated/α-hetero) is 1. The SMILES string of the molecule is CCC1CCCC(C(=O)CC2OCCO2)C1. The minimum absolute atomic E-state index is 0.255. The lowest BCUT2D eigenvalue weighted by atomic mass is 9.78. The topological polar surface area (TPSA) is 35.5 Å². The van der Waals surface area contributed by atoms with Crippen LogP contribution in [0, 0.1) is 11.8 Å². The second kappa shape index (κ2) is 5.78. The van der Waals surface area contributed by atoms with Crippen LogP contribution >= 0.6 is 0 Å². The van der Waals surface area contributed by atoms with Gasteiger partial charge >= 0.3 is 0 Å². The summed E-state index contributed by atoms with van der Waals surface area (Å²) in [5, 5.41) is 0. The van der Waals surface area contributed by atoms with Gasteiger partial charge in [0.2, 0.25) is 0 Å². The zero-order valence-corrected chi connectivity index (χ0v) is 10.1. The largest absolute Gasteiger partial charge is 0.350 e.